The van der Waals surface area contributed by atoms with Crippen LogP contribution in [0.4, 0.5) is 0 Å². The van der Waals surface area contributed by atoms with Crippen LogP contribution in [-0.4, -0.2) is 43.2 Å². The maximum absolute atomic E-state index is 0. The average molecular weight is 522 g/mol. The summed E-state index contributed by atoms with van der Waals surface area (Å²) in [4.78, 5) is 0. The molecule has 0 atom stereocenters. The molecule has 0 amide bonds. The molecule has 1 radical (unpaired) electrons. The Hall–Kier alpha value is 5.66. The molecule has 0 aliphatic heterocycles. The van der Waals surface area contributed by atoms with E-state index in [0.29, 0.717) is 0 Å². The van der Waals surface area contributed by atoms with Gasteiger partial charge in [0.2, 0.25) is 0 Å². The van der Waals surface area contributed by atoms with Gasteiger partial charge in [-0.05, 0) is 0 Å². The average Bonchev–Trinajstić information content (AvgIpc) is 0. The largest absolute Gasteiger partial charge is 2.00 e. The van der Waals surface area contributed by atoms with Crippen molar-refractivity contribution < 1.29 is 145 Å². The third-order valence-corrected chi connectivity index (χ3v) is 0. The van der Waals surface area contributed by atoms with Crippen molar-refractivity contribution in [2.75, 3.05) is 0 Å². The minimum atomic E-state index is 0. The number of hydrogen-bond donors (Lipinski definition) is 0. The Morgan fingerprint density at radius 3 is 1.14 bits per heavy atom. The van der Waals surface area contributed by atoms with E-state index < -0.39 is 0 Å². The van der Waals surface area contributed by atoms with E-state index in [4.69, 9.17) is 0 Å². The van der Waals surface area contributed by atoms with Gasteiger partial charge in [0.05, 0.1) is 0 Å². The van der Waals surface area contributed by atoms with Crippen LogP contribution in [0.3, 0.4) is 0 Å². The van der Waals surface area contributed by atoms with Crippen LogP contribution in [0.5, 0.6) is 0 Å². The van der Waals surface area contributed by atoms with E-state index in [-0.39, 0.29) is 183 Å². The Balaban J connectivity index is 0. The van der Waals surface area contributed by atoms with Gasteiger partial charge in [-0.25, -0.2) is 0 Å². The molecular formula is H4CaCuFeNdOSmTi. The summed E-state index contributed by atoms with van der Waals surface area (Å²) in [6.45, 7) is 0. The van der Waals surface area contributed by atoms with Crippen LogP contribution in [0.15, 0.2) is 0 Å². The molecule has 0 saturated heterocycles. The quantitative estimate of drug-likeness (QED) is 0.367. The second kappa shape index (κ2) is 41.4. The van der Waals surface area contributed by atoms with Crippen LogP contribution in [0.1, 0.15) is 2.85 Å². The van der Waals surface area contributed by atoms with Crippen molar-refractivity contribution in [3.05, 3.63) is 0 Å². The van der Waals surface area contributed by atoms with Crippen molar-refractivity contribution >= 4 is 37.7 Å². The van der Waals surface area contributed by atoms with Gasteiger partial charge in [-0.2, -0.15) is 0 Å². The number of hydrogen-bond acceptors (Lipinski definition) is 0. The maximum atomic E-state index is 0. The van der Waals surface area contributed by atoms with E-state index in [1.54, 1.807) is 0 Å². The van der Waals surface area contributed by atoms with Crippen LogP contribution in [0.2, 0.25) is 0 Å². The van der Waals surface area contributed by atoms with Crippen LogP contribution >= 0.6 is 0 Å². The van der Waals surface area contributed by atoms with Crippen LogP contribution in [0.25, 0.3) is 0 Å². The van der Waals surface area contributed by atoms with Crippen molar-refractivity contribution in [3.8, 4) is 0 Å². The van der Waals surface area contributed by atoms with E-state index in [2.05, 4.69) is 0 Å². The first-order chi connectivity index (χ1) is 0. The van der Waals surface area contributed by atoms with Gasteiger partial charge < -0.3 is 8.33 Å². The summed E-state index contributed by atoms with van der Waals surface area (Å²) in [5.74, 6) is 0. The minimum Gasteiger partial charge on any atom is -1.00 e. The second-order valence-electron chi connectivity index (χ2n) is 0. The fourth-order valence-corrected chi connectivity index (χ4v) is 0. The Bertz CT molecular complexity index is 26.5. The van der Waals surface area contributed by atoms with Crippen molar-refractivity contribution in [1.29, 1.82) is 0 Å². The molecule has 0 aromatic rings. The summed E-state index contributed by atoms with van der Waals surface area (Å²) < 4.78 is 0. The van der Waals surface area contributed by atoms with Crippen LogP contribution < -0.4 is 0 Å². The van der Waals surface area contributed by atoms with Gasteiger partial charge in [0, 0.05) is 137 Å². The molecule has 0 aliphatic carbocycles. The Morgan fingerprint density at radius 2 is 1.14 bits per heavy atom. The summed E-state index contributed by atoms with van der Waals surface area (Å²) >= 11 is 0. The molecule has 0 fully saturated rings. The van der Waals surface area contributed by atoms with Gasteiger partial charge in [-0.1, -0.05) is 0 Å². The SMILES string of the molecule is O.[Ca+2].[Cu].[Fe].[H-].[H-].[Nd].[Sm].[Ti]. The first kappa shape index (κ1) is 53.7. The summed E-state index contributed by atoms with van der Waals surface area (Å²) in [5, 5.41) is 0. The molecule has 0 saturated carbocycles. The smallest absolute Gasteiger partial charge is 1.00 e. The zero-order valence-electron chi connectivity index (χ0n) is 5.27. The Kier molecular flexibility index (Phi) is 317. The fourth-order valence-electron chi connectivity index (χ4n) is 0. The van der Waals surface area contributed by atoms with E-state index in [9.17, 15) is 0 Å². The van der Waals surface area contributed by atoms with Crippen molar-refractivity contribution in [1.82, 2.24) is 0 Å². The molecule has 7 heteroatoms. The molecule has 0 aliphatic rings. The molecule has 0 bridgehead atoms. The normalized spacial score (nSPS) is 0. The molecule has 0 unspecified atom stereocenters. The van der Waals surface area contributed by atoms with Crippen molar-refractivity contribution in [2.24, 2.45) is 0 Å². The zero-order chi connectivity index (χ0) is 0. The number of rotatable bonds is 0. The molecule has 1 nitrogen and oxygen atoms in total. The second-order valence-corrected chi connectivity index (χ2v) is 0. The minimum absolute atomic E-state index is 0. The molecule has 0 heterocycles. The first-order valence-corrected chi connectivity index (χ1v) is 0. The molecule has 45 valence electrons. The summed E-state index contributed by atoms with van der Waals surface area (Å²) in [6.07, 6.45) is 0. The van der Waals surface area contributed by atoms with Gasteiger partial charge in [-0.15, -0.1) is 0 Å². The molecule has 0 spiro atoms. The predicted octanol–water partition coefficient (Wildman–Crippen LogP) is -0.988. The van der Waals surface area contributed by atoms with Gasteiger partial charge in [0.25, 0.3) is 0 Å². The summed E-state index contributed by atoms with van der Waals surface area (Å²) in [6, 6.07) is 0. The summed E-state index contributed by atoms with van der Waals surface area (Å²) in [5.41, 5.74) is 0. The van der Waals surface area contributed by atoms with E-state index in [1.807, 2.05) is 0 Å². The molecule has 0 aromatic heterocycles. The van der Waals surface area contributed by atoms with Crippen LogP contribution in [-0.2, 0) is 55.9 Å². The topological polar surface area (TPSA) is 31.5 Å². The predicted molar refractivity (Wildman–Crippen MR) is 11.6 cm³/mol. The van der Waals surface area contributed by atoms with E-state index in [1.165, 1.54) is 0 Å². The van der Waals surface area contributed by atoms with Gasteiger partial charge in [0.1, 0.15) is 0 Å². The van der Waals surface area contributed by atoms with Crippen LogP contribution in [0, 0.1) is 81.2 Å². The molecule has 0 aromatic carbocycles. The third-order valence-electron chi connectivity index (χ3n) is 0. The Morgan fingerprint density at radius 1 is 1.14 bits per heavy atom. The first-order valence-electron chi connectivity index (χ1n) is 0. The molecule has 7 heavy (non-hydrogen) atoms. The van der Waals surface area contributed by atoms with Crippen molar-refractivity contribution in [3.63, 3.8) is 0 Å². The van der Waals surface area contributed by atoms with Crippen molar-refractivity contribution in [2.45, 2.75) is 0 Å². The van der Waals surface area contributed by atoms with E-state index >= 15 is 0 Å². The van der Waals surface area contributed by atoms with Gasteiger partial charge >= 0.3 is 37.7 Å². The Labute approximate surface area is 178 Å². The van der Waals surface area contributed by atoms with Gasteiger partial charge in [0.15, 0.2) is 0 Å². The maximum Gasteiger partial charge on any atom is 2.00 e. The molecular weight excluding hydrogens is 518 g/mol. The van der Waals surface area contributed by atoms with E-state index in [0.717, 1.165) is 0 Å². The fraction of sp³-hybridized carbons (Fsp3) is 0. The van der Waals surface area contributed by atoms with Gasteiger partial charge in [-0.3, -0.25) is 0 Å². The monoisotopic (exact) mass is 521 g/mol. The zero-order valence-corrected chi connectivity index (χ0v) is 14.9. The third kappa shape index (κ3) is 34.0. The standard InChI is InChI=1S/Ca.Cu.Fe.Nd.H2O.Sm.Ti.2H/h;;;;1H2;;;;/q+2;;;;;;;2*-1. The molecule has 0 rings (SSSR count). The summed E-state index contributed by atoms with van der Waals surface area (Å²) in [7, 11) is 0. The molecule has 2 N–H and O–H groups in total.